The van der Waals surface area contributed by atoms with Crippen LogP contribution in [0.15, 0.2) is 41.7 Å². The molecule has 1 aliphatic rings. The quantitative estimate of drug-likeness (QED) is 0.601. The Labute approximate surface area is 163 Å². The maximum atomic E-state index is 12.5. The molecular formula is C18H23ClN6O2. The first-order valence-electron chi connectivity index (χ1n) is 8.66. The van der Waals surface area contributed by atoms with Gasteiger partial charge >= 0.3 is 0 Å². The van der Waals surface area contributed by atoms with Crippen LogP contribution < -0.4 is 10.2 Å². The van der Waals surface area contributed by atoms with Crippen LogP contribution in [0.25, 0.3) is 0 Å². The second kappa shape index (κ2) is 8.41. The third-order valence-corrected chi connectivity index (χ3v) is 4.70. The van der Waals surface area contributed by atoms with E-state index >= 15 is 0 Å². The Balaban J connectivity index is 1.57. The van der Waals surface area contributed by atoms with Crippen molar-refractivity contribution in [1.29, 1.82) is 0 Å². The molecule has 1 saturated heterocycles. The lowest BCUT2D eigenvalue weighted by molar-refractivity contribution is -0.120. The number of piperazine rings is 1. The van der Waals surface area contributed by atoms with Gasteiger partial charge in [-0.1, -0.05) is 23.7 Å². The predicted octanol–water partition coefficient (Wildman–Crippen LogP) is 1.03. The Kier molecular flexibility index (Phi) is 5.98. The molecular weight excluding hydrogens is 368 g/mol. The molecule has 0 saturated carbocycles. The van der Waals surface area contributed by atoms with Crippen molar-refractivity contribution >= 4 is 29.2 Å². The molecule has 2 heterocycles. The highest BCUT2D eigenvalue weighted by atomic mass is 35.5. The molecule has 9 heteroatoms. The maximum Gasteiger partial charge on any atom is 0.246 e. The fraction of sp³-hybridized carbons (Fsp3) is 0.389. The molecule has 27 heavy (non-hydrogen) atoms. The van der Waals surface area contributed by atoms with E-state index in [2.05, 4.69) is 15.4 Å². The zero-order valence-corrected chi connectivity index (χ0v) is 16.1. The van der Waals surface area contributed by atoms with Crippen molar-refractivity contribution in [2.75, 3.05) is 38.1 Å². The van der Waals surface area contributed by atoms with Crippen LogP contribution in [0.4, 0.5) is 5.69 Å². The van der Waals surface area contributed by atoms with E-state index in [-0.39, 0.29) is 19.0 Å². The van der Waals surface area contributed by atoms with Gasteiger partial charge in [0.2, 0.25) is 5.91 Å². The summed E-state index contributed by atoms with van der Waals surface area (Å²) in [5.74, 6) is 0.567. The van der Waals surface area contributed by atoms with Crippen molar-refractivity contribution in [2.45, 2.75) is 6.10 Å². The predicted molar refractivity (Wildman–Crippen MR) is 105 cm³/mol. The number of aryl methyl sites for hydroxylation is 1. The zero-order chi connectivity index (χ0) is 19.4. The number of halogens is 1. The van der Waals surface area contributed by atoms with E-state index in [4.69, 9.17) is 11.6 Å². The van der Waals surface area contributed by atoms with Crippen LogP contribution in [0.5, 0.6) is 0 Å². The molecule has 0 spiro atoms. The van der Waals surface area contributed by atoms with Crippen LogP contribution in [-0.4, -0.2) is 64.9 Å². The lowest BCUT2D eigenvalue weighted by Gasteiger charge is -2.35. The number of benzene rings is 1. The molecule has 8 nitrogen and oxygen atoms in total. The van der Waals surface area contributed by atoms with E-state index < -0.39 is 6.10 Å². The molecule has 1 aliphatic heterocycles. The molecule has 2 N–H and O–H groups in total. The third-order valence-electron chi connectivity index (χ3n) is 4.44. The monoisotopic (exact) mass is 390 g/mol. The van der Waals surface area contributed by atoms with Crippen LogP contribution in [-0.2, 0) is 11.8 Å². The minimum Gasteiger partial charge on any atom is -0.387 e. The van der Waals surface area contributed by atoms with Crippen molar-refractivity contribution in [3.05, 3.63) is 47.2 Å². The van der Waals surface area contributed by atoms with Gasteiger partial charge in [-0.2, -0.15) is 5.10 Å². The fourth-order valence-corrected chi connectivity index (χ4v) is 3.12. The van der Waals surface area contributed by atoms with Gasteiger partial charge < -0.3 is 20.2 Å². The van der Waals surface area contributed by atoms with E-state index in [0.29, 0.717) is 24.1 Å². The number of amides is 1. The van der Waals surface area contributed by atoms with Gasteiger partial charge in [0.05, 0.1) is 18.0 Å². The van der Waals surface area contributed by atoms with E-state index in [0.717, 1.165) is 11.3 Å². The average Bonchev–Trinajstić information content (AvgIpc) is 3.09. The van der Waals surface area contributed by atoms with Crippen LogP contribution in [0.1, 0.15) is 11.7 Å². The molecule has 1 amide bonds. The first-order valence-corrected chi connectivity index (χ1v) is 9.04. The van der Waals surface area contributed by atoms with E-state index in [1.165, 1.54) is 0 Å². The molecule has 1 unspecified atom stereocenters. The van der Waals surface area contributed by atoms with Crippen LogP contribution in [0.2, 0.25) is 5.02 Å². The Bertz CT molecular complexity index is 820. The first-order chi connectivity index (χ1) is 13.0. The van der Waals surface area contributed by atoms with Gasteiger partial charge in [0.15, 0.2) is 5.96 Å². The number of hydrogen-bond acceptors (Lipinski definition) is 4. The van der Waals surface area contributed by atoms with Crippen LogP contribution >= 0.6 is 11.6 Å². The van der Waals surface area contributed by atoms with Gasteiger partial charge in [-0.15, -0.1) is 0 Å². The summed E-state index contributed by atoms with van der Waals surface area (Å²) in [5, 5.41) is 18.2. The summed E-state index contributed by atoms with van der Waals surface area (Å²) in [5.41, 5.74) is 1.56. The minimum absolute atomic E-state index is 0.0181. The maximum absolute atomic E-state index is 12.5. The zero-order valence-electron chi connectivity index (χ0n) is 15.3. The standard InChI is InChI=1S/C18H23ClN6O2/c1-20-18(21-10-16(26)13-3-5-14(19)6-4-13)24-7-8-25(17(27)12-24)15-9-22-23(2)11-15/h3-6,9,11,16,26H,7-8,10,12H2,1-2H3,(H,20,21). The van der Waals surface area contributed by atoms with E-state index in [9.17, 15) is 9.90 Å². The second-order valence-electron chi connectivity index (χ2n) is 6.33. The summed E-state index contributed by atoms with van der Waals surface area (Å²) in [6, 6.07) is 7.05. The lowest BCUT2D eigenvalue weighted by Crippen LogP contribution is -2.55. The van der Waals surface area contributed by atoms with Crippen molar-refractivity contribution < 1.29 is 9.90 Å². The highest BCUT2D eigenvalue weighted by Gasteiger charge is 2.27. The summed E-state index contributed by atoms with van der Waals surface area (Å²) in [6.45, 7) is 1.68. The van der Waals surface area contributed by atoms with Gasteiger partial charge in [0.1, 0.15) is 6.54 Å². The van der Waals surface area contributed by atoms with Gasteiger partial charge in [-0.25, -0.2) is 0 Å². The number of nitrogens with one attached hydrogen (secondary N) is 1. The SMILES string of the molecule is CN=C(NCC(O)c1ccc(Cl)cc1)N1CCN(c2cnn(C)c2)C(=O)C1. The van der Waals surface area contributed by atoms with Crippen LogP contribution in [0.3, 0.4) is 0 Å². The average molecular weight is 391 g/mol. The molecule has 1 aromatic carbocycles. The van der Waals surface area contributed by atoms with Crippen LogP contribution in [0, 0.1) is 0 Å². The Morgan fingerprint density at radius 2 is 2.11 bits per heavy atom. The van der Waals surface area contributed by atoms with Crippen molar-refractivity contribution in [3.63, 3.8) is 0 Å². The summed E-state index contributed by atoms with van der Waals surface area (Å²) in [6.07, 6.45) is 2.80. The Morgan fingerprint density at radius 3 is 2.70 bits per heavy atom. The number of hydrogen-bond donors (Lipinski definition) is 2. The normalized spacial score (nSPS) is 16.6. The smallest absolute Gasteiger partial charge is 0.246 e. The number of rotatable bonds is 4. The highest BCUT2D eigenvalue weighted by Crippen LogP contribution is 2.17. The third kappa shape index (κ3) is 4.58. The number of carbonyl (C=O) groups is 1. The molecule has 0 bridgehead atoms. The number of aliphatic imine (C=N–C) groups is 1. The summed E-state index contributed by atoms with van der Waals surface area (Å²) in [7, 11) is 3.48. The summed E-state index contributed by atoms with van der Waals surface area (Å²) >= 11 is 5.87. The van der Waals surface area contributed by atoms with Gasteiger partial charge in [0.25, 0.3) is 0 Å². The van der Waals surface area contributed by atoms with Gasteiger partial charge in [0, 0.05) is 44.9 Å². The number of aliphatic hydroxyl groups is 1. The molecule has 144 valence electrons. The topological polar surface area (TPSA) is 86.0 Å². The molecule has 1 aromatic heterocycles. The molecule has 2 aromatic rings. The second-order valence-corrected chi connectivity index (χ2v) is 6.77. The Hall–Kier alpha value is -2.58. The molecule has 0 radical (unpaired) electrons. The van der Waals surface area contributed by atoms with E-state index in [1.54, 1.807) is 47.1 Å². The fourth-order valence-electron chi connectivity index (χ4n) is 3.00. The lowest BCUT2D eigenvalue weighted by atomic mass is 10.1. The number of nitrogens with zero attached hydrogens (tertiary/aromatic N) is 5. The molecule has 1 atom stereocenters. The molecule has 3 rings (SSSR count). The minimum atomic E-state index is -0.702. The summed E-state index contributed by atoms with van der Waals surface area (Å²) < 4.78 is 1.67. The van der Waals surface area contributed by atoms with Gasteiger partial charge in [-0.3, -0.25) is 14.5 Å². The number of carbonyl (C=O) groups excluding carboxylic acids is 1. The molecule has 0 aliphatic carbocycles. The summed E-state index contributed by atoms with van der Waals surface area (Å²) in [4.78, 5) is 20.4. The largest absolute Gasteiger partial charge is 0.387 e. The molecule has 1 fully saturated rings. The number of aromatic nitrogens is 2. The van der Waals surface area contributed by atoms with Crippen molar-refractivity contribution in [3.8, 4) is 0 Å². The number of anilines is 1. The van der Waals surface area contributed by atoms with Crippen molar-refractivity contribution in [2.24, 2.45) is 12.0 Å². The van der Waals surface area contributed by atoms with Crippen molar-refractivity contribution in [1.82, 2.24) is 20.0 Å². The Morgan fingerprint density at radius 1 is 1.37 bits per heavy atom. The number of aliphatic hydroxyl groups excluding tert-OH is 1. The highest BCUT2D eigenvalue weighted by molar-refractivity contribution is 6.30. The first kappa shape index (κ1) is 19.2. The number of guanidine groups is 1. The van der Waals surface area contributed by atoms with Gasteiger partial charge in [-0.05, 0) is 17.7 Å². The van der Waals surface area contributed by atoms with E-state index in [1.807, 2.05) is 18.1 Å².